The third-order valence-corrected chi connectivity index (χ3v) is 5.90. The lowest BCUT2D eigenvalue weighted by Gasteiger charge is -2.42. The van der Waals surface area contributed by atoms with Gasteiger partial charge in [-0.3, -0.25) is 4.79 Å². The molecule has 1 unspecified atom stereocenters. The molecule has 0 heterocycles. The Morgan fingerprint density at radius 1 is 1.32 bits per heavy atom. The smallest absolute Gasteiger partial charge is 0.136 e. The summed E-state index contributed by atoms with van der Waals surface area (Å²) in [6, 6.07) is 0. The summed E-state index contributed by atoms with van der Waals surface area (Å²) in [5.74, 6) is 2.30. The molecule has 19 heavy (non-hydrogen) atoms. The van der Waals surface area contributed by atoms with E-state index in [0.717, 1.165) is 38.0 Å². The molecular formula is C17H30O2. The van der Waals surface area contributed by atoms with E-state index in [4.69, 9.17) is 0 Å². The maximum absolute atomic E-state index is 12.1. The van der Waals surface area contributed by atoms with Crippen LogP contribution in [0.2, 0.25) is 0 Å². The molecule has 2 nitrogen and oxygen atoms in total. The van der Waals surface area contributed by atoms with Gasteiger partial charge in [-0.25, -0.2) is 0 Å². The second kappa shape index (κ2) is 5.95. The maximum Gasteiger partial charge on any atom is 0.136 e. The van der Waals surface area contributed by atoms with Crippen LogP contribution >= 0.6 is 0 Å². The van der Waals surface area contributed by atoms with Crippen LogP contribution in [0, 0.1) is 23.2 Å². The Morgan fingerprint density at radius 2 is 2.05 bits per heavy atom. The van der Waals surface area contributed by atoms with E-state index in [2.05, 4.69) is 13.8 Å². The number of Topliss-reactive ketones (excluding diaryl/α,β-unsaturated/α-hetero) is 1. The Balaban J connectivity index is 1.95. The highest BCUT2D eigenvalue weighted by molar-refractivity contribution is 5.83. The average Bonchev–Trinajstić information content (AvgIpc) is 2.67. The Bertz CT molecular complexity index is 323. The van der Waals surface area contributed by atoms with Crippen LogP contribution in [0.4, 0.5) is 0 Å². The van der Waals surface area contributed by atoms with Crippen molar-refractivity contribution in [3.63, 3.8) is 0 Å². The molecule has 0 spiro atoms. The first-order chi connectivity index (χ1) is 8.95. The van der Waals surface area contributed by atoms with Gasteiger partial charge in [0.15, 0.2) is 0 Å². The topological polar surface area (TPSA) is 37.3 Å². The molecule has 5 atom stereocenters. The number of hydrogen-bond acceptors (Lipinski definition) is 2. The second-order valence-corrected chi connectivity index (χ2v) is 7.32. The predicted octanol–water partition coefficient (Wildman–Crippen LogP) is 3.96. The van der Waals surface area contributed by atoms with Gasteiger partial charge in [0.2, 0.25) is 0 Å². The van der Waals surface area contributed by atoms with Crippen LogP contribution in [-0.4, -0.2) is 17.0 Å². The lowest BCUT2D eigenvalue weighted by atomic mass is 9.62. The lowest BCUT2D eigenvalue weighted by Crippen LogP contribution is -2.39. The second-order valence-electron chi connectivity index (χ2n) is 7.32. The van der Waals surface area contributed by atoms with Crippen molar-refractivity contribution >= 4 is 5.78 Å². The molecule has 110 valence electrons. The summed E-state index contributed by atoms with van der Waals surface area (Å²) in [7, 11) is 0. The third-order valence-electron chi connectivity index (χ3n) is 5.90. The summed E-state index contributed by atoms with van der Waals surface area (Å²) >= 11 is 0. The zero-order chi connectivity index (χ0) is 14.0. The highest BCUT2D eigenvalue weighted by Gasteiger charge is 2.52. The van der Waals surface area contributed by atoms with Gasteiger partial charge >= 0.3 is 0 Å². The quantitative estimate of drug-likeness (QED) is 0.818. The van der Waals surface area contributed by atoms with E-state index in [1.165, 1.54) is 19.3 Å². The summed E-state index contributed by atoms with van der Waals surface area (Å²) in [5.41, 5.74) is 0.277. The number of rotatable bonds is 5. The number of aliphatic hydroxyl groups is 1. The van der Waals surface area contributed by atoms with Gasteiger partial charge in [-0.2, -0.15) is 0 Å². The Hall–Kier alpha value is -0.370. The van der Waals surface area contributed by atoms with E-state index in [1.807, 2.05) is 6.92 Å². The Kier molecular flexibility index (Phi) is 4.70. The first-order valence-electron chi connectivity index (χ1n) is 8.16. The molecule has 0 aromatic heterocycles. The van der Waals surface area contributed by atoms with Crippen molar-refractivity contribution in [3.8, 4) is 0 Å². The number of carbonyl (C=O) groups is 1. The molecule has 2 saturated carbocycles. The Labute approximate surface area is 118 Å². The van der Waals surface area contributed by atoms with Crippen molar-refractivity contribution < 1.29 is 9.90 Å². The molecule has 0 aliphatic heterocycles. The van der Waals surface area contributed by atoms with E-state index in [-0.39, 0.29) is 11.5 Å². The molecule has 0 amide bonds. The minimum absolute atomic E-state index is 0.171. The number of aliphatic hydroxyl groups excluding tert-OH is 1. The minimum Gasteiger partial charge on any atom is -0.393 e. The molecular weight excluding hydrogens is 236 g/mol. The number of fused-ring (bicyclic) bond motifs is 1. The summed E-state index contributed by atoms with van der Waals surface area (Å²) in [5, 5.41) is 9.36. The first kappa shape index (κ1) is 15.0. The number of carbonyl (C=O) groups excluding carboxylic acids is 1. The molecule has 0 bridgehead atoms. The molecule has 2 fully saturated rings. The highest BCUT2D eigenvalue weighted by Crippen LogP contribution is 2.57. The monoisotopic (exact) mass is 266 g/mol. The van der Waals surface area contributed by atoms with E-state index in [1.54, 1.807) is 0 Å². The summed E-state index contributed by atoms with van der Waals surface area (Å²) < 4.78 is 0. The molecule has 2 rings (SSSR count). The van der Waals surface area contributed by atoms with E-state index < -0.39 is 0 Å². The molecule has 2 aliphatic carbocycles. The fraction of sp³-hybridized carbons (Fsp3) is 0.941. The zero-order valence-electron chi connectivity index (χ0n) is 12.8. The van der Waals surface area contributed by atoms with Crippen molar-refractivity contribution in [1.82, 2.24) is 0 Å². The van der Waals surface area contributed by atoms with Gasteiger partial charge in [-0.15, -0.1) is 0 Å². The van der Waals surface area contributed by atoms with Gasteiger partial charge in [0.25, 0.3) is 0 Å². The fourth-order valence-electron chi connectivity index (χ4n) is 4.84. The number of ketones is 1. The SMILES string of the molecule is C[C@H](O)CCC[C@@H](C)C1CC[C@H]2C(=O)CCC[C@]12C. The molecule has 2 aliphatic rings. The van der Waals surface area contributed by atoms with Crippen LogP contribution in [0.3, 0.4) is 0 Å². The zero-order valence-corrected chi connectivity index (χ0v) is 12.8. The van der Waals surface area contributed by atoms with Crippen molar-refractivity contribution in [1.29, 1.82) is 0 Å². The lowest BCUT2D eigenvalue weighted by molar-refractivity contribution is -0.130. The average molecular weight is 266 g/mol. The summed E-state index contributed by atoms with van der Waals surface area (Å²) in [6.45, 7) is 6.61. The van der Waals surface area contributed by atoms with Gasteiger partial charge in [-0.1, -0.05) is 26.7 Å². The van der Waals surface area contributed by atoms with Crippen LogP contribution in [-0.2, 0) is 4.79 Å². The van der Waals surface area contributed by atoms with Gasteiger partial charge in [0.05, 0.1) is 6.10 Å². The molecule has 1 N–H and O–H groups in total. The molecule has 0 aromatic rings. The van der Waals surface area contributed by atoms with E-state index in [9.17, 15) is 9.90 Å². The molecule has 2 heteroatoms. The molecule has 0 radical (unpaired) electrons. The summed E-state index contributed by atoms with van der Waals surface area (Å²) in [6.07, 6.45) is 8.59. The minimum atomic E-state index is -0.171. The van der Waals surface area contributed by atoms with Crippen molar-refractivity contribution in [2.45, 2.75) is 78.2 Å². The van der Waals surface area contributed by atoms with Crippen molar-refractivity contribution in [3.05, 3.63) is 0 Å². The van der Waals surface area contributed by atoms with Gasteiger partial charge in [0.1, 0.15) is 5.78 Å². The van der Waals surface area contributed by atoms with Crippen molar-refractivity contribution in [2.75, 3.05) is 0 Å². The highest BCUT2D eigenvalue weighted by atomic mass is 16.3. The van der Waals surface area contributed by atoms with E-state index in [0.29, 0.717) is 17.6 Å². The van der Waals surface area contributed by atoms with Crippen LogP contribution in [0.5, 0.6) is 0 Å². The molecule has 0 aromatic carbocycles. The first-order valence-corrected chi connectivity index (χ1v) is 8.16. The van der Waals surface area contributed by atoms with Crippen LogP contribution in [0.1, 0.15) is 72.1 Å². The van der Waals surface area contributed by atoms with E-state index >= 15 is 0 Å². The fourth-order valence-corrected chi connectivity index (χ4v) is 4.84. The van der Waals surface area contributed by atoms with Crippen LogP contribution in [0.15, 0.2) is 0 Å². The van der Waals surface area contributed by atoms with Gasteiger partial charge in [-0.05, 0) is 56.3 Å². The predicted molar refractivity (Wildman–Crippen MR) is 77.9 cm³/mol. The largest absolute Gasteiger partial charge is 0.393 e. The van der Waals surface area contributed by atoms with Crippen LogP contribution in [0.25, 0.3) is 0 Å². The summed E-state index contributed by atoms with van der Waals surface area (Å²) in [4.78, 5) is 12.1. The normalized spacial score (nSPS) is 38.0. The standard InChI is InChI=1S/C17H30O2/c1-12(6-4-7-13(2)18)14-9-10-15-16(19)8-5-11-17(14,15)3/h12-15,18H,4-11H2,1-3H3/t12-,13+,14?,15+,17-/m1/s1. The Morgan fingerprint density at radius 3 is 2.74 bits per heavy atom. The maximum atomic E-state index is 12.1. The van der Waals surface area contributed by atoms with Crippen LogP contribution < -0.4 is 0 Å². The van der Waals surface area contributed by atoms with Gasteiger partial charge in [0, 0.05) is 12.3 Å². The number of hydrogen-bond donors (Lipinski definition) is 1. The third kappa shape index (κ3) is 3.04. The van der Waals surface area contributed by atoms with Gasteiger partial charge < -0.3 is 5.11 Å². The molecule has 0 saturated heterocycles. The van der Waals surface area contributed by atoms with Crippen molar-refractivity contribution in [2.24, 2.45) is 23.2 Å².